The van der Waals surface area contributed by atoms with Crippen LogP contribution in [0.15, 0.2) is 41.1 Å². The minimum absolute atomic E-state index is 0.257. The average Bonchev–Trinajstić information content (AvgIpc) is 2.93. The van der Waals surface area contributed by atoms with Crippen LogP contribution in [0.2, 0.25) is 0 Å². The van der Waals surface area contributed by atoms with E-state index in [-0.39, 0.29) is 6.61 Å². The molecule has 2 heterocycles. The lowest BCUT2D eigenvalue weighted by Crippen LogP contribution is -1.96. The van der Waals surface area contributed by atoms with E-state index in [1.54, 1.807) is 6.20 Å². The number of hydrogen-bond donors (Lipinski definition) is 0. The summed E-state index contributed by atoms with van der Waals surface area (Å²) >= 11 is 0. The molecule has 0 fully saturated rings. The molecule has 0 bridgehead atoms. The molecule has 96 valence electrons. The van der Waals surface area contributed by atoms with Crippen molar-refractivity contribution in [3.05, 3.63) is 48.2 Å². The first-order valence-corrected chi connectivity index (χ1v) is 6.14. The molecule has 0 unspecified atom stereocenters. The number of aromatic nitrogens is 3. The minimum atomic E-state index is 0.257. The van der Waals surface area contributed by atoms with E-state index in [9.17, 15) is 0 Å². The second-order valence-electron chi connectivity index (χ2n) is 4.11. The van der Waals surface area contributed by atoms with E-state index < -0.39 is 0 Å². The Morgan fingerprint density at radius 3 is 3.00 bits per heavy atom. The van der Waals surface area contributed by atoms with Crippen LogP contribution in [0, 0.1) is 0 Å². The predicted octanol–water partition coefficient (Wildman–Crippen LogP) is 2.76. The fraction of sp³-hybridized carbons (Fsp3) is 0.214. The van der Waals surface area contributed by atoms with Crippen LogP contribution >= 0.6 is 0 Å². The van der Waals surface area contributed by atoms with E-state index >= 15 is 0 Å². The van der Waals surface area contributed by atoms with E-state index in [1.807, 2.05) is 37.3 Å². The maximum absolute atomic E-state index is 5.60. The van der Waals surface area contributed by atoms with Crippen LogP contribution < -0.4 is 4.74 Å². The van der Waals surface area contributed by atoms with Gasteiger partial charge >= 0.3 is 0 Å². The van der Waals surface area contributed by atoms with Crippen molar-refractivity contribution in [3.8, 4) is 5.75 Å². The average molecular weight is 255 g/mol. The Labute approximate surface area is 110 Å². The number of para-hydroxylation sites is 1. The lowest BCUT2D eigenvalue weighted by atomic mass is 10.2. The summed E-state index contributed by atoms with van der Waals surface area (Å²) < 4.78 is 10.7. The molecular formula is C14H13N3O2. The first-order valence-electron chi connectivity index (χ1n) is 6.14. The van der Waals surface area contributed by atoms with Crippen molar-refractivity contribution in [1.82, 2.24) is 15.1 Å². The van der Waals surface area contributed by atoms with Gasteiger partial charge in [-0.1, -0.05) is 30.3 Å². The van der Waals surface area contributed by atoms with Crippen molar-refractivity contribution in [2.75, 3.05) is 0 Å². The van der Waals surface area contributed by atoms with Crippen LogP contribution in [0.25, 0.3) is 10.9 Å². The predicted molar refractivity (Wildman–Crippen MR) is 69.8 cm³/mol. The van der Waals surface area contributed by atoms with Gasteiger partial charge in [0, 0.05) is 11.8 Å². The topological polar surface area (TPSA) is 61.0 Å². The third-order valence-electron chi connectivity index (χ3n) is 2.75. The highest BCUT2D eigenvalue weighted by atomic mass is 16.5. The second-order valence-corrected chi connectivity index (χ2v) is 4.11. The van der Waals surface area contributed by atoms with Crippen molar-refractivity contribution in [1.29, 1.82) is 0 Å². The molecule has 0 aliphatic carbocycles. The number of rotatable bonds is 4. The molecule has 0 radical (unpaired) electrons. The minimum Gasteiger partial charge on any atom is -0.482 e. The van der Waals surface area contributed by atoms with Crippen molar-refractivity contribution in [3.63, 3.8) is 0 Å². The maximum atomic E-state index is 5.60. The van der Waals surface area contributed by atoms with Crippen LogP contribution in [-0.2, 0) is 13.0 Å². The van der Waals surface area contributed by atoms with Crippen LogP contribution in [0.1, 0.15) is 18.6 Å². The van der Waals surface area contributed by atoms with Crippen molar-refractivity contribution >= 4 is 10.9 Å². The monoisotopic (exact) mass is 255 g/mol. The number of ether oxygens (including phenoxy) is 1. The van der Waals surface area contributed by atoms with Gasteiger partial charge in [0.15, 0.2) is 12.4 Å². The fourth-order valence-corrected chi connectivity index (χ4v) is 1.77. The lowest BCUT2D eigenvalue weighted by Gasteiger charge is -2.03. The van der Waals surface area contributed by atoms with Crippen LogP contribution in [0.3, 0.4) is 0 Å². The number of nitrogens with zero attached hydrogens (tertiary/aromatic N) is 3. The Morgan fingerprint density at radius 2 is 2.16 bits per heavy atom. The molecule has 0 aliphatic heterocycles. The first-order chi connectivity index (χ1) is 9.35. The lowest BCUT2D eigenvalue weighted by molar-refractivity contribution is 0.242. The largest absolute Gasteiger partial charge is 0.482 e. The summed E-state index contributed by atoms with van der Waals surface area (Å²) in [6.07, 6.45) is 2.44. The summed E-state index contributed by atoms with van der Waals surface area (Å²) in [5.41, 5.74) is 0.945. The van der Waals surface area contributed by atoms with Gasteiger partial charge in [0.05, 0.1) is 11.7 Å². The number of benzene rings is 1. The molecule has 0 atom stereocenters. The Hall–Kier alpha value is -2.43. The number of aryl methyl sites for hydroxylation is 1. The molecule has 1 aromatic carbocycles. The molecule has 5 nitrogen and oxygen atoms in total. The molecule has 0 amide bonds. The maximum Gasteiger partial charge on any atom is 0.264 e. The van der Waals surface area contributed by atoms with Gasteiger partial charge in [0.1, 0.15) is 5.75 Å². The molecular weight excluding hydrogens is 242 g/mol. The number of fused-ring (bicyclic) bond motifs is 1. The second kappa shape index (κ2) is 5.06. The van der Waals surface area contributed by atoms with E-state index in [2.05, 4.69) is 15.1 Å². The molecule has 3 aromatic rings. The Kier molecular flexibility index (Phi) is 3.10. The normalized spacial score (nSPS) is 10.8. The third kappa shape index (κ3) is 2.54. The van der Waals surface area contributed by atoms with Gasteiger partial charge in [-0.15, -0.1) is 0 Å². The molecule has 0 saturated carbocycles. The molecule has 0 saturated heterocycles. The SMILES string of the molecule is CCc1noc(COc2cnc3ccccc3c2)n1. The summed E-state index contributed by atoms with van der Waals surface area (Å²) in [7, 11) is 0. The fourth-order valence-electron chi connectivity index (χ4n) is 1.77. The highest BCUT2D eigenvalue weighted by Gasteiger charge is 2.06. The summed E-state index contributed by atoms with van der Waals surface area (Å²) in [6, 6.07) is 9.83. The summed E-state index contributed by atoms with van der Waals surface area (Å²) in [5.74, 6) is 1.86. The summed E-state index contributed by atoms with van der Waals surface area (Å²) in [5, 5.41) is 4.86. The molecule has 0 N–H and O–H groups in total. The molecule has 3 rings (SSSR count). The van der Waals surface area contributed by atoms with Crippen LogP contribution in [0.4, 0.5) is 0 Å². The van der Waals surface area contributed by atoms with Gasteiger partial charge in [-0.05, 0) is 12.1 Å². The summed E-state index contributed by atoms with van der Waals surface area (Å²) in [6.45, 7) is 2.23. The van der Waals surface area contributed by atoms with E-state index in [4.69, 9.17) is 9.26 Å². The first kappa shape index (κ1) is 11.6. The van der Waals surface area contributed by atoms with Gasteiger partial charge < -0.3 is 9.26 Å². The van der Waals surface area contributed by atoms with Gasteiger partial charge in [-0.25, -0.2) is 0 Å². The van der Waals surface area contributed by atoms with Crippen molar-refractivity contribution in [2.45, 2.75) is 20.0 Å². The van der Waals surface area contributed by atoms with E-state index in [1.165, 1.54) is 0 Å². The number of hydrogen-bond acceptors (Lipinski definition) is 5. The van der Waals surface area contributed by atoms with Crippen LogP contribution in [-0.4, -0.2) is 15.1 Å². The molecule has 0 aliphatic rings. The van der Waals surface area contributed by atoms with Crippen LogP contribution in [0.5, 0.6) is 5.75 Å². The van der Waals surface area contributed by atoms with Gasteiger partial charge in [-0.3, -0.25) is 4.98 Å². The highest BCUT2D eigenvalue weighted by Crippen LogP contribution is 2.18. The Morgan fingerprint density at radius 1 is 1.26 bits per heavy atom. The molecule has 5 heteroatoms. The highest BCUT2D eigenvalue weighted by molar-refractivity contribution is 5.79. The summed E-state index contributed by atoms with van der Waals surface area (Å²) in [4.78, 5) is 8.51. The van der Waals surface area contributed by atoms with Gasteiger partial charge in [-0.2, -0.15) is 4.98 Å². The van der Waals surface area contributed by atoms with Crippen molar-refractivity contribution in [2.24, 2.45) is 0 Å². The molecule has 19 heavy (non-hydrogen) atoms. The smallest absolute Gasteiger partial charge is 0.264 e. The van der Waals surface area contributed by atoms with Crippen molar-refractivity contribution < 1.29 is 9.26 Å². The molecule has 2 aromatic heterocycles. The zero-order valence-corrected chi connectivity index (χ0v) is 10.5. The molecule has 0 spiro atoms. The van der Waals surface area contributed by atoms with E-state index in [0.717, 1.165) is 17.3 Å². The zero-order valence-electron chi connectivity index (χ0n) is 10.5. The number of pyridine rings is 1. The third-order valence-corrected chi connectivity index (χ3v) is 2.75. The Balaban J connectivity index is 1.74. The van der Waals surface area contributed by atoms with Gasteiger partial charge in [0.25, 0.3) is 5.89 Å². The van der Waals surface area contributed by atoms with E-state index in [0.29, 0.717) is 17.5 Å². The Bertz CT molecular complexity index is 694. The zero-order chi connectivity index (χ0) is 13.1. The standard InChI is InChI=1S/C14H13N3O2/c1-2-13-16-14(19-17-13)9-18-11-7-10-5-3-4-6-12(10)15-8-11/h3-8H,2,9H2,1H3. The quantitative estimate of drug-likeness (QED) is 0.717. The van der Waals surface area contributed by atoms with Gasteiger partial charge in [0.2, 0.25) is 0 Å².